The first-order chi connectivity index (χ1) is 12.4. The van der Waals surface area contributed by atoms with Gasteiger partial charge in [0, 0.05) is 10.0 Å². The van der Waals surface area contributed by atoms with Crippen molar-refractivity contribution in [3.63, 3.8) is 0 Å². The van der Waals surface area contributed by atoms with Gasteiger partial charge in [-0.05, 0) is 32.0 Å². The van der Waals surface area contributed by atoms with Crippen LogP contribution in [0.4, 0.5) is 0 Å². The molecule has 0 saturated heterocycles. The van der Waals surface area contributed by atoms with Crippen molar-refractivity contribution in [2.75, 3.05) is 13.2 Å². The topological polar surface area (TPSA) is 94.6 Å². The number of ether oxygens (including phenoxy) is 3. The van der Waals surface area contributed by atoms with Crippen LogP contribution >= 0.6 is 15.9 Å². The highest BCUT2D eigenvalue weighted by molar-refractivity contribution is 9.10. The highest BCUT2D eigenvalue weighted by Gasteiger charge is 2.38. The van der Waals surface area contributed by atoms with Crippen LogP contribution in [-0.2, 0) is 14.3 Å². The van der Waals surface area contributed by atoms with Crippen molar-refractivity contribution in [1.82, 2.24) is 0 Å². The molecule has 0 amide bonds. The number of hydrogen-bond acceptors (Lipinski definition) is 6. The molecule has 1 aromatic rings. The fraction of sp³-hybridized carbons (Fsp3) is 0.263. The number of nitriles is 1. The van der Waals surface area contributed by atoms with Gasteiger partial charge in [0.25, 0.3) is 0 Å². The molecule has 0 aliphatic carbocycles. The van der Waals surface area contributed by atoms with Crippen LogP contribution in [-0.4, -0.2) is 19.2 Å². The van der Waals surface area contributed by atoms with Gasteiger partial charge in [-0.3, -0.25) is 0 Å². The van der Waals surface area contributed by atoms with E-state index in [0.29, 0.717) is 17.1 Å². The summed E-state index contributed by atoms with van der Waals surface area (Å²) in [5, 5.41) is 9.63. The van der Waals surface area contributed by atoms with Gasteiger partial charge >= 0.3 is 5.97 Å². The molecule has 1 unspecified atom stereocenters. The second kappa shape index (κ2) is 8.59. The van der Waals surface area contributed by atoms with E-state index in [1.807, 2.05) is 6.07 Å². The van der Waals surface area contributed by atoms with Gasteiger partial charge in [-0.2, -0.15) is 5.26 Å². The Hall–Kier alpha value is -2.72. The lowest BCUT2D eigenvalue weighted by atomic mass is 9.82. The van der Waals surface area contributed by atoms with E-state index in [1.165, 1.54) is 0 Å². The molecule has 26 heavy (non-hydrogen) atoms. The number of nitrogens with two attached hydrogens (primary N) is 1. The number of allylic oxidation sites excluding steroid dienone is 2. The third kappa shape index (κ3) is 3.92. The molecule has 1 aliphatic heterocycles. The molecule has 0 bridgehead atoms. The number of esters is 1. The zero-order valence-corrected chi connectivity index (χ0v) is 16.1. The monoisotopic (exact) mass is 418 g/mol. The summed E-state index contributed by atoms with van der Waals surface area (Å²) in [5.41, 5.74) is 6.86. The standard InChI is InChI=1S/C19H19BrN2O4/c1-4-8-25-15-7-6-12(20)9-13(15)17-14(10-21)18(22)26-11(3)16(17)19(23)24-5-2/h4,6-7,9,17H,1,5,8,22H2,2-3H3. The van der Waals surface area contributed by atoms with E-state index in [2.05, 4.69) is 22.5 Å². The molecular formula is C19H19BrN2O4. The predicted octanol–water partition coefficient (Wildman–Crippen LogP) is 3.66. The number of carbonyl (C=O) groups is 1. The minimum absolute atomic E-state index is 0.0438. The fourth-order valence-electron chi connectivity index (χ4n) is 2.69. The van der Waals surface area contributed by atoms with E-state index < -0.39 is 11.9 Å². The Bertz CT molecular complexity index is 836. The van der Waals surface area contributed by atoms with Crippen molar-refractivity contribution in [2.45, 2.75) is 19.8 Å². The number of hydrogen-bond donors (Lipinski definition) is 1. The molecule has 0 aromatic heterocycles. The molecule has 136 valence electrons. The first-order valence-corrected chi connectivity index (χ1v) is 8.72. The normalized spacial score (nSPS) is 16.6. The summed E-state index contributed by atoms with van der Waals surface area (Å²) in [5.74, 6) is -0.567. The van der Waals surface area contributed by atoms with Crippen molar-refractivity contribution < 1.29 is 19.0 Å². The zero-order valence-electron chi connectivity index (χ0n) is 14.5. The molecule has 7 heteroatoms. The molecular weight excluding hydrogens is 400 g/mol. The summed E-state index contributed by atoms with van der Waals surface area (Å²) in [4.78, 5) is 12.6. The van der Waals surface area contributed by atoms with Crippen LogP contribution in [0.3, 0.4) is 0 Å². The van der Waals surface area contributed by atoms with Gasteiger partial charge in [-0.25, -0.2) is 4.79 Å². The van der Waals surface area contributed by atoms with Crippen LogP contribution in [0.15, 0.2) is 58.1 Å². The molecule has 1 heterocycles. The van der Waals surface area contributed by atoms with Gasteiger partial charge in [0.15, 0.2) is 0 Å². The lowest BCUT2D eigenvalue weighted by Crippen LogP contribution is -2.26. The number of halogens is 1. The summed E-state index contributed by atoms with van der Waals surface area (Å²) in [6.45, 7) is 7.43. The van der Waals surface area contributed by atoms with Gasteiger partial charge in [-0.15, -0.1) is 0 Å². The Morgan fingerprint density at radius 1 is 1.54 bits per heavy atom. The first-order valence-electron chi connectivity index (χ1n) is 7.93. The third-order valence-corrected chi connectivity index (χ3v) is 4.23. The van der Waals surface area contributed by atoms with Crippen LogP contribution in [0.5, 0.6) is 5.75 Å². The number of carbonyl (C=O) groups excluding carboxylic acids is 1. The zero-order chi connectivity index (χ0) is 19.3. The molecule has 0 saturated carbocycles. The first kappa shape index (κ1) is 19.6. The maximum atomic E-state index is 12.6. The molecule has 2 rings (SSSR count). The van der Waals surface area contributed by atoms with E-state index >= 15 is 0 Å². The molecule has 1 aliphatic rings. The quantitative estimate of drug-likeness (QED) is 0.559. The second-order valence-electron chi connectivity index (χ2n) is 5.40. The molecule has 0 radical (unpaired) electrons. The minimum atomic E-state index is -0.759. The van der Waals surface area contributed by atoms with Crippen LogP contribution < -0.4 is 10.5 Å². The number of nitrogens with zero attached hydrogens (tertiary/aromatic N) is 1. The van der Waals surface area contributed by atoms with Crippen LogP contribution in [0, 0.1) is 11.3 Å². The van der Waals surface area contributed by atoms with E-state index in [1.54, 1.807) is 38.1 Å². The molecule has 1 aromatic carbocycles. The summed E-state index contributed by atoms with van der Waals surface area (Å²) in [6.07, 6.45) is 1.61. The van der Waals surface area contributed by atoms with Crippen LogP contribution in [0.2, 0.25) is 0 Å². The average molecular weight is 419 g/mol. The maximum Gasteiger partial charge on any atom is 0.338 e. The van der Waals surface area contributed by atoms with Gasteiger partial charge in [0.05, 0.1) is 18.1 Å². The molecule has 0 fully saturated rings. The largest absolute Gasteiger partial charge is 0.489 e. The summed E-state index contributed by atoms with van der Waals surface area (Å²) in [7, 11) is 0. The minimum Gasteiger partial charge on any atom is -0.489 e. The van der Waals surface area contributed by atoms with Gasteiger partial charge in [0.2, 0.25) is 5.88 Å². The van der Waals surface area contributed by atoms with E-state index in [-0.39, 0.29) is 30.2 Å². The lowest BCUT2D eigenvalue weighted by molar-refractivity contribution is -0.139. The summed E-state index contributed by atoms with van der Waals surface area (Å²) in [6, 6.07) is 7.39. The molecule has 0 spiro atoms. The predicted molar refractivity (Wildman–Crippen MR) is 99.8 cm³/mol. The van der Waals surface area contributed by atoms with E-state index in [0.717, 1.165) is 4.47 Å². The lowest BCUT2D eigenvalue weighted by Gasteiger charge is -2.28. The fourth-order valence-corrected chi connectivity index (χ4v) is 3.07. The number of benzene rings is 1. The Labute approximate surface area is 160 Å². The Balaban J connectivity index is 2.69. The molecule has 2 N–H and O–H groups in total. The van der Waals surface area contributed by atoms with Crippen molar-refractivity contribution >= 4 is 21.9 Å². The van der Waals surface area contributed by atoms with Crippen molar-refractivity contribution in [3.05, 3.63) is 63.7 Å². The smallest absolute Gasteiger partial charge is 0.338 e. The van der Waals surface area contributed by atoms with Crippen LogP contribution in [0.25, 0.3) is 0 Å². The SMILES string of the molecule is C=CCOc1ccc(Br)cc1C1C(C#N)=C(N)OC(C)=C1C(=O)OCC. The van der Waals surface area contributed by atoms with Crippen LogP contribution in [0.1, 0.15) is 25.3 Å². The summed E-state index contributed by atoms with van der Waals surface area (Å²) < 4.78 is 17.1. The highest BCUT2D eigenvalue weighted by Crippen LogP contribution is 2.43. The van der Waals surface area contributed by atoms with E-state index in [9.17, 15) is 10.1 Å². The van der Waals surface area contributed by atoms with E-state index in [4.69, 9.17) is 19.9 Å². The summed E-state index contributed by atoms with van der Waals surface area (Å²) >= 11 is 3.42. The highest BCUT2D eigenvalue weighted by atomic mass is 79.9. The molecule has 1 atom stereocenters. The van der Waals surface area contributed by atoms with Crippen molar-refractivity contribution in [2.24, 2.45) is 5.73 Å². The molecule has 6 nitrogen and oxygen atoms in total. The second-order valence-corrected chi connectivity index (χ2v) is 6.31. The Morgan fingerprint density at radius 2 is 2.27 bits per heavy atom. The maximum absolute atomic E-state index is 12.6. The van der Waals surface area contributed by atoms with Gasteiger partial charge in [-0.1, -0.05) is 28.6 Å². The van der Waals surface area contributed by atoms with Gasteiger partial charge < -0.3 is 19.9 Å². The van der Waals surface area contributed by atoms with Crippen molar-refractivity contribution in [3.8, 4) is 11.8 Å². The Kier molecular flexibility index (Phi) is 6.47. The van der Waals surface area contributed by atoms with Crippen molar-refractivity contribution in [1.29, 1.82) is 5.26 Å². The third-order valence-electron chi connectivity index (χ3n) is 3.74. The van der Waals surface area contributed by atoms with Gasteiger partial charge in [0.1, 0.15) is 29.8 Å². The average Bonchev–Trinajstić information content (AvgIpc) is 2.60. The Morgan fingerprint density at radius 3 is 2.88 bits per heavy atom. The number of rotatable bonds is 6.